The smallest absolute Gasteiger partial charge is 0.267 e. The highest BCUT2D eigenvalue weighted by atomic mass is 32.2. The first-order valence-corrected chi connectivity index (χ1v) is 10.7. The molecule has 2 N–H and O–H groups in total. The van der Waals surface area contributed by atoms with Crippen LogP contribution in [-0.4, -0.2) is 52.8 Å². The Morgan fingerprint density at radius 2 is 1.83 bits per heavy atom. The largest absolute Gasteiger partial charge is 0.497 e. The predicted molar refractivity (Wildman–Crippen MR) is 118 cm³/mol. The summed E-state index contributed by atoms with van der Waals surface area (Å²) in [5.74, 6) is 0.427. The van der Waals surface area contributed by atoms with Crippen molar-refractivity contribution in [1.29, 1.82) is 0 Å². The summed E-state index contributed by atoms with van der Waals surface area (Å²) >= 11 is 1.22. The van der Waals surface area contributed by atoms with Crippen LogP contribution in [0.25, 0.3) is 16.5 Å². The molecule has 2 aromatic carbocycles. The van der Waals surface area contributed by atoms with Crippen LogP contribution in [0.4, 0.5) is 0 Å². The van der Waals surface area contributed by atoms with E-state index in [2.05, 4.69) is 4.98 Å². The summed E-state index contributed by atoms with van der Waals surface area (Å²) in [5, 5.41) is 10.3. The van der Waals surface area contributed by atoms with Crippen molar-refractivity contribution < 1.29 is 19.4 Å². The normalized spacial score (nSPS) is 14.3. The molecule has 0 fully saturated rings. The average Bonchev–Trinajstić information content (AvgIpc) is 3.29. The van der Waals surface area contributed by atoms with Crippen LogP contribution in [0.1, 0.15) is 11.1 Å². The molecule has 6 nitrogen and oxygen atoms in total. The van der Waals surface area contributed by atoms with Crippen molar-refractivity contribution in [3.63, 3.8) is 0 Å². The molecule has 0 saturated heterocycles. The van der Waals surface area contributed by atoms with Gasteiger partial charge in [-0.05, 0) is 35.7 Å². The third-order valence-electron chi connectivity index (χ3n) is 5.12. The van der Waals surface area contributed by atoms with Gasteiger partial charge in [-0.3, -0.25) is 14.5 Å². The molecular weight excluding hydrogens is 400 g/mol. The van der Waals surface area contributed by atoms with Gasteiger partial charge in [0.1, 0.15) is 5.75 Å². The Kier molecular flexibility index (Phi) is 5.92. The minimum atomic E-state index is -0.302. The van der Waals surface area contributed by atoms with Crippen LogP contribution in [0.5, 0.6) is 5.75 Å². The number of aromatic nitrogens is 1. The zero-order valence-electron chi connectivity index (χ0n) is 16.6. The molecule has 0 bridgehead atoms. The number of nitrogens with zero attached hydrogens (tertiary/aromatic N) is 1. The molecule has 1 aliphatic rings. The third-order valence-corrected chi connectivity index (χ3v) is 6.18. The summed E-state index contributed by atoms with van der Waals surface area (Å²) in [4.78, 5) is 31.2. The van der Waals surface area contributed by atoms with E-state index in [1.165, 1.54) is 16.7 Å². The van der Waals surface area contributed by atoms with Crippen LogP contribution in [0.2, 0.25) is 0 Å². The van der Waals surface area contributed by atoms with E-state index in [9.17, 15) is 14.7 Å². The van der Waals surface area contributed by atoms with Crippen LogP contribution in [0, 0.1) is 0 Å². The molecular formula is C23H22N2O4S. The number of carbonyl (C=O) groups excluding carboxylic acids is 2. The second-order valence-electron chi connectivity index (χ2n) is 6.88. The molecule has 3 aromatic rings. The highest BCUT2D eigenvalue weighted by molar-refractivity contribution is 8.04. The molecule has 154 valence electrons. The van der Waals surface area contributed by atoms with Gasteiger partial charge in [-0.25, -0.2) is 0 Å². The number of methoxy groups -OCH3 is 1. The molecule has 4 rings (SSSR count). The fourth-order valence-electron chi connectivity index (χ4n) is 3.62. The Labute approximate surface area is 178 Å². The van der Waals surface area contributed by atoms with Gasteiger partial charge >= 0.3 is 0 Å². The lowest BCUT2D eigenvalue weighted by molar-refractivity contribution is -0.136. The zero-order valence-corrected chi connectivity index (χ0v) is 17.4. The van der Waals surface area contributed by atoms with Crippen LogP contribution >= 0.6 is 11.8 Å². The van der Waals surface area contributed by atoms with Crippen molar-refractivity contribution >= 4 is 40.1 Å². The highest BCUT2D eigenvalue weighted by Crippen LogP contribution is 2.36. The van der Waals surface area contributed by atoms with Gasteiger partial charge in [0.15, 0.2) is 0 Å². The van der Waals surface area contributed by atoms with E-state index in [1.807, 2.05) is 30.5 Å². The fraction of sp³-hybridized carbons (Fsp3) is 0.217. The second-order valence-corrected chi connectivity index (χ2v) is 7.98. The number of aromatic amines is 1. The Balaban J connectivity index is 1.59. The van der Waals surface area contributed by atoms with E-state index in [-0.39, 0.29) is 18.4 Å². The Morgan fingerprint density at radius 1 is 1.07 bits per heavy atom. The monoisotopic (exact) mass is 422 g/mol. The van der Waals surface area contributed by atoms with Gasteiger partial charge in [-0.15, -0.1) is 11.8 Å². The number of aliphatic hydroxyl groups excluding tert-OH is 1. The average molecular weight is 423 g/mol. The molecule has 30 heavy (non-hydrogen) atoms. The van der Waals surface area contributed by atoms with Crippen LogP contribution in [0.15, 0.2) is 59.6 Å². The number of rotatable bonds is 8. The number of H-pyrrole nitrogens is 1. The number of ether oxygens (including phenoxy) is 1. The summed E-state index contributed by atoms with van der Waals surface area (Å²) in [6.45, 7) is 0.225. The third kappa shape index (κ3) is 3.74. The Hall–Kier alpha value is -3.03. The quantitative estimate of drug-likeness (QED) is 0.545. The molecule has 0 aliphatic carbocycles. The van der Waals surface area contributed by atoms with Crippen molar-refractivity contribution in [3.05, 3.63) is 70.8 Å². The first-order valence-electron chi connectivity index (χ1n) is 9.67. The maximum Gasteiger partial charge on any atom is 0.267 e. The number of para-hydroxylation sites is 1. The number of carbonyl (C=O) groups is 2. The van der Waals surface area contributed by atoms with Crippen LogP contribution in [0.3, 0.4) is 0 Å². The summed E-state index contributed by atoms with van der Waals surface area (Å²) in [5.41, 5.74) is 3.15. The van der Waals surface area contributed by atoms with Gasteiger partial charge in [-0.1, -0.05) is 30.3 Å². The van der Waals surface area contributed by atoms with Crippen molar-refractivity contribution in [3.8, 4) is 5.75 Å². The molecule has 2 heterocycles. The first-order chi connectivity index (χ1) is 14.6. The Morgan fingerprint density at radius 3 is 2.57 bits per heavy atom. The summed E-state index contributed by atoms with van der Waals surface area (Å²) in [6, 6.07) is 15.1. The molecule has 0 saturated carbocycles. The van der Waals surface area contributed by atoms with Gasteiger partial charge in [0, 0.05) is 29.4 Å². The van der Waals surface area contributed by atoms with Gasteiger partial charge in [0.2, 0.25) is 0 Å². The van der Waals surface area contributed by atoms with Gasteiger partial charge in [-0.2, -0.15) is 0 Å². The van der Waals surface area contributed by atoms with Crippen molar-refractivity contribution in [2.45, 2.75) is 6.42 Å². The van der Waals surface area contributed by atoms with E-state index < -0.39 is 0 Å². The molecule has 0 radical (unpaired) electrons. The number of nitrogens with one attached hydrogen (secondary N) is 1. The highest BCUT2D eigenvalue weighted by Gasteiger charge is 2.38. The minimum Gasteiger partial charge on any atom is -0.497 e. The van der Waals surface area contributed by atoms with E-state index in [4.69, 9.17) is 4.74 Å². The number of hydrogen-bond donors (Lipinski definition) is 2. The summed E-state index contributed by atoms with van der Waals surface area (Å²) in [6.07, 6.45) is 2.49. The lowest BCUT2D eigenvalue weighted by Gasteiger charge is -2.15. The van der Waals surface area contributed by atoms with Crippen molar-refractivity contribution in [2.75, 3.05) is 26.0 Å². The second kappa shape index (κ2) is 8.77. The number of aliphatic hydroxyl groups is 1. The van der Waals surface area contributed by atoms with E-state index in [1.54, 1.807) is 31.4 Å². The first kappa shape index (κ1) is 20.3. The standard InChI is InChI=1S/C23H22N2O4S/c1-29-17-8-6-15(7-9-17)20-21(30-13-12-26)23(28)25(22(20)27)11-10-16-14-24-19-5-3-2-4-18(16)19/h2-9,14,24,26H,10-13H2,1H3. The molecule has 1 aliphatic heterocycles. The molecule has 7 heteroatoms. The van der Waals surface area contributed by atoms with E-state index in [0.29, 0.717) is 40.5 Å². The molecule has 2 amide bonds. The number of fused-ring (bicyclic) bond motifs is 1. The van der Waals surface area contributed by atoms with E-state index in [0.717, 1.165) is 16.5 Å². The topological polar surface area (TPSA) is 82.6 Å². The van der Waals surface area contributed by atoms with Crippen molar-refractivity contribution in [1.82, 2.24) is 9.88 Å². The number of benzene rings is 2. The van der Waals surface area contributed by atoms with Crippen molar-refractivity contribution in [2.24, 2.45) is 0 Å². The van der Waals surface area contributed by atoms with Gasteiger partial charge < -0.3 is 14.8 Å². The van der Waals surface area contributed by atoms with Crippen LogP contribution in [-0.2, 0) is 16.0 Å². The molecule has 1 aromatic heterocycles. The fourth-order valence-corrected chi connectivity index (χ4v) is 4.50. The summed E-state index contributed by atoms with van der Waals surface area (Å²) < 4.78 is 5.19. The molecule has 0 spiro atoms. The zero-order chi connectivity index (χ0) is 21.1. The number of thioether (sulfide) groups is 1. The lowest BCUT2D eigenvalue weighted by Crippen LogP contribution is -2.33. The number of imide groups is 1. The maximum absolute atomic E-state index is 13.2. The predicted octanol–water partition coefficient (Wildman–Crippen LogP) is 3.22. The van der Waals surface area contributed by atoms with Crippen LogP contribution < -0.4 is 4.74 Å². The van der Waals surface area contributed by atoms with Gasteiger partial charge in [0.05, 0.1) is 24.2 Å². The number of amides is 2. The SMILES string of the molecule is COc1ccc(C2=C(SCCO)C(=O)N(CCc3c[nH]c4ccccc34)C2=O)cc1. The summed E-state index contributed by atoms with van der Waals surface area (Å²) in [7, 11) is 1.58. The minimum absolute atomic E-state index is 0.0686. The molecule has 0 unspecified atom stereocenters. The van der Waals surface area contributed by atoms with E-state index >= 15 is 0 Å². The molecule has 0 atom stereocenters. The Bertz CT molecular complexity index is 1120. The number of hydrogen-bond acceptors (Lipinski definition) is 5. The maximum atomic E-state index is 13.2. The lowest BCUT2D eigenvalue weighted by atomic mass is 10.1. The van der Waals surface area contributed by atoms with Gasteiger partial charge in [0.25, 0.3) is 11.8 Å².